The first-order valence-electron chi connectivity index (χ1n) is 7.29. The molecule has 0 unspecified atom stereocenters. The summed E-state index contributed by atoms with van der Waals surface area (Å²) >= 11 is 6.05. The van der Waals surface area contributed by atoms with Crippen LogP contribution in [0.25, 0.3) is 0 Å². The van der Waals surface area contributed by atoms with Gasteiger partial charge in [0.15, 0.2) is 0 Å². The van der Waals surface area contributed by atoms with Crippen LogP contribution in [0.4, 0.5) is 11.6 Å². The first-order valence-corrected chi connectivity index (χ1v) is 7.67. The highest BCUT2D eigenvalue weighted by Crippen LogP contribution is 2.21. The molecule has 24 heavy (non-hydrogen) atoms. The van der Waals surface area contributed by atoms with Gasteiger partial charge in [-0.3, -0.25) is 4.79 Å². The number of carbonyl (C=O) groups excluding carboxylic acids is 1. The molecule has 2 N–H and O–H groups in total. The number of anilines is 2. The number of hydrogen-bond acceptors (Lipinski definition) is 5. The van der Waals surface area contributed by atoms with Gasteiger partial charge in [0.2, 0.25) is 5.95 Å². The molecule has 0 radical (unpaired) electrons. The Balaban J connectivity index is 1.75. The quantitative estimate of drug-likeness (QED) is 0.735. The molecule has 0 spiro atoms. The molecule has 0 aliphatic heterocycles. The van der Waals surface area contributed by atoms with Crippen molar-refractivity contribution in [3.8, 4) is 0 Å². The molecule has 0 saturated carbocycles. The van der Waals surface area contributed by atoms with E-state index >= 15 is 0 Å². The number of nitrogens with zero attached hydrogens (tertiary/aromatic N) is 2. The van der Waals surface area contributed by atoms with Crippen LogP contribution >= 0.6 is 11.6 Å². The Kier molecular flexibility index (Phi) is 4.77. The molecule has 0 aliphatic carbocycles. The highest BCUT2D eigenvalue weighted by atomic mass is 35.5. The molecule has 2 aromatic heterocycles. The third-order valence-electron chi connectivity index (χ3n) is 3.21. The normalized spacial score (nSPS) is 10.4. The molecule has 0 bridgehead atoms. The number of furan rings is 1. The van der Waals surface area contributed by atoms with E-state index in [1.807, 2.05) is 6.07 Å². The van der Waals surface area contributed by atoms with Gasteiger partial charge in [-0.25, -0.2) is 9.97 Å². The molecule has 1 amide bonds. The second-order valence-electron chi connectivity index (χ2n) is 5.09. The Bertz CT molecular complexity index is 850. The third-order valence-corrected chi connectivity index (χ3v) is 3.54. The molecule has 2 heterocycles. The summed E-state index contributed by atoms with van der Waals surface area (Å²) < 4.78 is 5.24. The van der Waals surface area contributed by atoms with E-state index in [-0.39, 0.29) is 11.6 Å². The maximum Gasteiger partial charge on any atom is 0.274 e. The minimum absolute atomic E-state index is 0.254. The van der Waals surface area contributed by atoms with E-state index < -0.39 is 0 Å². The first-order chi connectivity index (χ1) is 11.6. The molecular formula is C17H15ClN4O2. The highest BCUT2D eigenvalue weighted by molar-refractivity contribution is 6.33. The molecular weight excluding hydrogens is 328 g/mol. The summed E-state index contributed by atoms with van der Waals surface area (Å²) in [6.45, 7) is 2.23. The maximum atomic E-state index is 12.4. The SMILES string of the molecule is Cc1cc(C(=O)Nc2ccccc2Cl)nc(NCc2ccco2)n1. The summed E-state index contributed by atoms with van der Waals surface area (Å²) in [6, 6.07) is 12.3. The van der Waals surface area contributed by atoms with Crippen LogP contribution in [0, 0.1) is 6.92 Å². The topological polar surface area (TPSA) is 80.0 Å². The number of halogens is 1. The standard InChI is InChI=1S/C17H15ClN4O2/c1-11-9-15(16(23)21-14-7-3-2-6-13(14)18)22-17(20-11)19-10-12-5-4-8-24-12/h2-9H,10H2,1H3,(H,21,23)(H,19,20,22). The predicted molar refractivity (Wildman–Crippen MR) is 92.2 cm³/mol. The van der Waals surface area contributed by atoms with E-state index in [1.165, 1.54) is 0 Å². The fourth-order valence-corrected chi connectivity index (χ4v) is 2.28. The number of para-hydroxylation sites is 1. The van der Waals surface area contributed by atoms with Crippen molar-refractivity contribution < 1.29 is 9.21 Å². The van der Waals surface area contributed by atoms with Gasteiger partial charge in [0.1, 0.15) is 11.5 Å². The summed E-state index contributed by atoms with van der Waals surface area (Å²) in [5.74, 6) is 0.757. The fraction of sp³-hybridized carbons (Fsp3) is 0.118. The Morgan fingerprint density at radius 2 is 2.04 bits per heavy atom. The number of nitrogens with one attached hydrogen (secondary N) is 2. The van der Waals surface area contributed by atoms with Crippen LogP contribution in [0.3, 0.4) is 0 Å². The Labute approximate surface area is 143 Å². The molecule has 1 aromatic carbocycles. The Hall–Kier alpha value is -2.86. The fourth-order valence-electron chi connectivity index (χ4n) is 2.09. The number of amides is 1. The van der Waals surface area contributed by atoms with Crippen LogP contribution in [-0.2, 0) is 6.54 Å². The zero-order valence-corrected chi connectivity index (χ0v) is 13.7. The van der Waals surface area contributed by atoms with Gasteiger partial charge in [0.05, 0.1) is 23.5 Å². The molecule has 0 saturated heterocycles. The lowest BCUT2D eigenvalue weighted by molar-refractivity contribution is 0.102. The number of benzene rings is 1. The molecule has 0 atom stereocenters. The highest BCUT2D eigenvalue weighted by Gasteiger charge is 2.12. The second-order valence-corrected chi connectivity index (χ2v) is 5.49. The predicted octanol–water partition coefficient (Wildman–Crippen LogP) is 3.90. The van der Waals surface area contributed by atoms with E-state index in [0.29, 0.717) is 28.9 Å². The average molecular weight is 343 g/mol. The molecule has 122 valence electrons. The van der Waals surface area contributed by atoms with Crippen LogP contribution in [0.5, 0.6) is 0 Å². The van der Waals surface area contributed by atoms with Crippen LogP contribution < -0.4 is 10.6 Å². The van der Waals surface area contributed by atoms with Crippen molar-refractivity contribution in [2.24, 2.45) is 0 Å². The number of rotatable bonds is 5. The lowest BCUT2D eigenvalue weighted by Gasteiger charge is -2.09. The molecule has 3 rings (SSSR count). The molecule has 0 fully saturated rings. The van der Waals surface area contributed by atoms with E-state index in [9.17, 15) is 4.79 Å². The van der Waals surface area contributed by atoms with Crippen molar-refractivity contribution in [1.29, 1.82) is 0 Å². The lowest BCUT2D eigenvalue weighted by atomic mass is 10.3. The summed E-state index contributed by atoms with van der Waals surface area (Å²) in [6.07, 6.45) is 1.59. The van der Waals surface area contributed by atoms with Gasteiger partial charge in [0.25, 0.3) is 5.91 Å². The summed E-state index contributed by atoms with van der Waals surface area (Å²) in [5.41, 5.74) is 1.46. The molecule has 7 heteroatoms. The van der Waals surface area contributed by atoms with Gasteiger partial charge in [-0.2, -0.15) is 0 Å². The third kappa shape index (κ3) is 3.91. The van der Waals surface area contributed by atoms with Gasteiger partial charge in [0, 0.05) is 5.69 Å². The van der Waals surface area contributed by atoms with E-state index in [0.717, 1.165) is 5.76 Å². The van der Waals surface area contributed by atoms with Crippen LogP contribution in [0.2, 0.25) is 5.02 Å². The Morgan fingerprint density at radius 1 is 1.21 bits per heavy atom. The largest absolute Gasteiger partial charge is 0.467 e. The van der Waals surface area contributed by atoms with Crippen LogP contribution in [-0.4, -0.2) is 15.9 Å². The number of aryl methyl sites for hydroxylation is 1. The zero-order chi connectivity index (χ0) is 16.9. The minimum Gasteiger partial charge on any atom is -0.467 e. The summed E-state index contributed by atoms with van der Waals surface area (Å²) in [7, 11) is 0. The zero-order valence-electron chi connectivity index (χ0n) is 12.9. The van der Waals surface area contributed by atoms with Crippen molar-refractivity contribution in [1.82, 2.24) is 9.97 Å². The molecule has 0 aliphatic rings. The van der Waals surface area contributed by atoms with E-state index in [2.05, 4.69) is 20.6 Å². The maximum absolute atomic E-state index is 12.4. The smallest absolute Gasteiger partial charge is 0.274 e. The van der Waals surface area contributed by atoms with Crippen molar-refractivity contribution in [3.05, 3.63) is 70.9 Å². The van der Waals surface area contributed by atoms with Crippen molar-refractivity contribution in [2.45, 2.75) is 13.5 Å². The van der Waals surface area contributed by atoms with Crippen molar-refractivity contribution >= 4 is 29.1 Å². The van der Waals surface area contributed by atoms with Gasteiger partial charge in [-0.1, -0.05) is 23.7 Å². The monoisotopic (exact) mass is 342 g/mol. The summed E-state index contributed by atoms with van der Waals surface area (Å²) in [5, 5.41) is 6.25. The minimum atomic E-state index is -0.352. The van der Waals surface area contributed by atoms with Crippen LogP contribution in [0.15, 0.2) is 53.1 Å². The summed E-state index contributed by atoms with van der Waals surface area (Å²) in [4.78, 5) is 20.9. The first kappa shape index (κ1) is 16.0. The number of hydrogen-bond donors (Lipinski definition) is 2. The number of carbonyl (C=O) groups is 1. The Morgan fingerprint density at radius 3 is 2.79 bits per heavy atom. The van der Waals surface area contributed by atoms with Crippen molar-refractivity contribution in [3.63, 3.8) is 0 Å². The molecule has 6 nitrogen and oxygen atoms in total. The van der Waals surface area contributed by atoms with Gasteiger partial charge in [-0.05, 0) is 37.3 Å². The van der Waals surface area contributed by atoms with Crippen LogP contribution in [0.1, 0.15) is 21.9 Å². The van der Waals surface area contributed by atoms with Gasteiger partial charge >= 0.3 is 0 Å². The molecule has 3 aromatic rings. The van der Waals surface area contributed by atoms with E-state index in [4.69, 9.17) is 16.0 Å². The number of aromatic nitrogens is 2. The van der Waals surface area contributed by atoms with Crippen molar-refractivity contribution in [2.75, 3.05) is 10.6 Å². The van der Waals surface area contributed by atoms with E-state index in [1.54, 1.807) is 49.6 Å². The second kappa shape index (κ2) is 7.14. The lowest BCUT2D eigenvalue weighted by Crippen LogP contribution is -2.16. The average Bonchev–Trinajstić information content (AvgIpc) is 3.08. The van der Waals surface area contributed by atoms with Gasteiger partial charge in [-0.15, -0.1) is 0 Å². The van der Waals surface area contributed by atoms with Gasteiger partial charge < -0.3 is 15.1 Å².